The van der Waals surface area contributed by atoms with Gasteiger partial charge in [-0.3, -0.25) is 14.5 Å². The number of benzene rings is 2. The zero-order valence-electron chi connectivity index (χ0n) is 16.2. The zero-order chi connectivity index (χ0) is 20.4. The standard InChI is InChI=1S/C22H22FN3O2S/c1-15-18-4-2-3-5-19(18)29-21(15)22(28)26-12-10-25(11-13-26)14-20(27)24-17-8-6-16(23)7-9-17/h2-9H,10-14H2,1H3,(H,24,27). The van der Waals surface area contributed by atoms with Gasteiger partial charge in [-0.2, -0.15) is 0 Å². The summed E-state index contributed by atoms with van der Waals surface area (Å²) < 4.78 is 14.1. The number of nitrogens with zero attached hydrogens (tertiary/aromatic N) is 2. The first-order valence-corrected chi connectivity index (χ1v) is 10.4. The van der Waals surface area contributed by atoms with Crippen LogP contribution >= 0.6 is 11.3 Å². The largest absolute Gasteiger partial charge is 0.335 e. The van der Waals surface area contributed by atoms with Crippen LogP contribution in [0.25, 0.3) is 10.1 Å². The number of thiophene rings is 1. The van der Waals surface area contributed by atoms with Crippen LogP contribution in [0.5, 0.6) is 0 Å². The molecule has 150 valence electrons. The van der Waals surface area contributed by atoms with Gasteiger partial charge in [-0.15, -0.1) is 11.3 Å². The van der Waals surface area contributed by atoms with Crippen molar-refractivity contribution in [3.8, 4) is 0 Å². The van der Waals surface area contributed by atoms with E-state index in [2.05, 4.69) is 11.4 Å². The molecule has 0 spiro atoms. The van der Waals surface area contributed by atoms with Crippen molar-refractivity contribution in [2.75, 3.05) is 38.0 Å². The van der Waals surface area contributed by atoms with Crippen LogP contribution in [0.3, 0.4) is 0 Å². The van der Waals surface area contributed by atoms with Crippen LogP contribution in [0.4, 0.5) is 10.1 Å². The molecule has 1 aromatic heterocycles. The number of carbonyl (C=O) groups is 2. The van der Waals surface area contributed by atoms with E-state index in [4.69, 9.17) is 0 Å². The summed E-state index contributed by atoms with van der Waals surface area (Å²) in [6.45, 7) is 4.73. The van der Waals surface area contributed by atoms with E-state index >= 15 is 0 Å². The Morgan fingerprint density at radius 2 is 1.72 bits per heavy atom. The third kappa shape index (κ3) is 4.31. The molecule has 0 bridgehead atoms. The number of hydrogen-bond donors (Lipinski definition) is 1. The average Bonchev–Trinajstić information content (AvgIpc) is 3.06. The predicted molar refractivity (Wildman–Crippen MR) is 114 cm³/mol. The van der Waals surface area contributed by atoms with Crippen molar-refractivity contribution in [1.29, 1.82) is 0 Å². The number of anilines is 1. The topological polar surface area (TPSA) is 52.7 Å². The number of rotatable bonds is 4. The molecular weight excluding hydrogens is 389 g/mol. The van der Waals surface area contributed by atoms with Crippen molar-refractivity contribution in [2.45, 2.75) is 6.92 Å². The van der Waals surface area contributed by atoms with Gasteiger partial charge in [0.2, 0.25) is 5.91 Å². The first-order valence-electron chi connectivity index (χ1n) is 9.56. The molecule has 0 unspecified atom stereocenters. The number of fused-ring (bicyclic) bond motifs is 1. The summed E-state index contributed by atoms with van der Waals surface area (Å²) >= 11 is 1.54. The van der Waals surface area contributed by atoms with Gasteiger partial charge < -0.3 is 10.2 Å². The molecule has 3 aromatic rings. The molecule has 29 heavy (non-hydrogen) atoms. The van der Waals surface area contributed by atoms with Crippen LogP contribution in [0.2, 0.25) is 0 Å². The van der Waals surface area contributed by atoms with E-state index in [9.17, 15) is 14.0 Å². The van der Waals surface area contributed by atoms with Gasteiger partial charge in [-0.1, -0.05) is 18.2 Å². The molecule has 1 aliphatic heterocycles. The van der Waals surface area contributed by atoms with Crippen LogP contribution < -0.4 is 5.32 Å². The minimum absolute atomic E-state index is 0.0686. The Bertz CT molecular complexity index is 1040. The monoisotopic (exact) mass is 411 g/mol. The van der Waals surface area contributed by atoms with Crippen molar-refractivity contribution >= 4 is 38.9 Å². The fraction of sp³-hybridized carbons (Fsp3) is 0.273. The van der Waals surface area contributed by atoms with Crippen LogP contribution in [0, 0.1) is 12.7 Å². The second kappa shape index (κ2) is 8.31. The first-order chi connectivity index (χ1) is 14.0. The lowest BCUT2D eigenvalue weighted by Crippen LogP contribution is -2.50. The van der Waals surface area contributed by atoms with Crippen molar-refractivity contribution in [3.63, 3.8) is 0 Å². The molecule has 2 amide bonds. The number of carbonyl (C=O) groups excluding carboxylic acids is 2. The summed E-state index contributed by atoms with van der Waals surface area (Å²) in [6.07, 6.45) is 0. The maximum atomic E-state index is 13.0. The molecule has 1 aliphatic rings. The average molecular weight is 412 g/mol. The Kier molecular flexibility index (Phi) is 5.60. The molecular formula is C22H22FN3O2S. The normalized spacial score (nSPS) is 14.9. The van der Waals surface area contributed by atoms with Gasteiger partial charge in [0, 0.05) is 36.6 Å². The molecule has 0 atom stereocenters. The number of amides is 2. The minimum atomic E-state index is -0.335. The lowest BCUT2D eigenvalue weighted by atomic mass is 10.1. The summed E-state index contributed by atoms with van der Waals surface area (Å²) in [5.41, 5.74) is 1.61. The number of nitrogens with one attached hydrogen (secondary N) is 1. The number of hydrogen-bond acceptors (Lipinski definition) is 4. The second-order valence-electron chi connectivity index (χ2n) is 7.18. The van der Waals surface area contributed by atoms with E-state index < -0.39 is 0 Å². The molecule has 1 saturated heterocycles. The Labute approximate surface area is 172 Å². The van der Waals surface area contributed by atoms with Crippen molar-refractivity contribution in [2.24, 2.45) is 0 Å². The fourth-order valence-electron chi connectivity index (χ4n) is 3.57. The highest BCUT2D eigenvalue weighted by atomic mass is 32.1. The first kappa shape index (κ1) is 19.5. The van der Waals surface area contributed by atoms with Gasteiger partial charge in [-0.05, 0) is 48.2 Å². The summed E-state index contributed by atoms with van der Waals surface area (Å²) in [5, 5.41) is 3.91. The highest BCUT2D eigenvalue weighted by molar-refractivity contribution is 7.21. The summed E-state index contributed by atoms with van der Waals surface area (Å²) in [7, 11) is 0. The van der Waals surface area contributed by atoms with Crippen molar-refractivity contribution in [1.82, 2.24) is 9.80 Å². The Hall–Kier alpha value is -2.77. The van der Waals surface area contributed by atoms with Crippen LogP contribution in [0.15, 0.2) is 48.5 Å². The minimum Gasteiger partial charge on any atom is -0.335 e. The molecule has 0 radical (unpaired) electrons. The molecule has 0 aliphatic carbocycles. The fourth-order valence-corrected chi connectivity index (χ4v) is 4.74. The van der Waals surface area contributed by atoms with Gasteiger partial charge >= 0.3 is 0 Å². The highest BCUT2D eigenvalue weighted by Crippen LogP contribution is 2.31. The summed E-state index contributed by atoms with van der Waals surface area (Å²) in [5.74, 6) is -0.409. The number of aryl methyl sites for hydroxylation is 1. The summed E-state index contributed by atoms with van der Waals surface area (Å²) in [4.78, 5) is 29.9. The SMILES string of the molecule is Cc1c(C(=O)N2CCN(CC(=O)Nc3ccc(F)cc3)CC2)sc2ccccc12. The van der Waals surface area contributed by atoms with Gasteiger partial charge in [0.25, 0.3) is 5.91 Å². The molecule has 1 N–H and O–H groups in total. The Morgan fingerprint density at radius 1 is 1.03 bits per heavy atom. The lowest BCUT2D eigenvalue weighted by Gasteiger charge is -2.34. The third-order valence-electron chi connectivity index (χ3n) is 5.19. The van der Waals surface area contributed by atoms with Gasteiger partial charge in [0.1, 0.15) is 5.82 Å². The van der Waals surface area contributed by atoms with Gasteiger partial charge in [-0.25, -0.2) is 4.39 Å². The van der Waals surface area contributed by atoms with E-state index in [0.717, 1.165) is 20.5 Å². The van der Waals surface area contributed by atoms with Gasteiger partial charge in [0.05, 0.1) is 11.4 Å². The summed E-state index contributed by atoms with van der Waals surface area (Å²) in [6, 6.07) is 13.8. The van der Waals surface area contributed by atoms with E-state index in [0.29, 0.717) is 31.9 Å². The van der Waals surface area contributed by atoms with Crippen LogP contribution in [-0.2, 0) is 4.79 Å². The molecule has 2 aromatic carbocycles. The molecule has 1 fully saturated rings. The molecule has 4 rings (SSSR count). The van der Waals surface area contributed by atoms with Crippen LogP contribution in [-0.4, -0.2) is 54.3 Å². The molecule has 2 heterocycles. The Balaban J connectivity index is 1.32. The maximum absolute atomic E-state index is 13.0. The van der Waals surface area contributed by atoms with E-state index in [1.165, 1.54) is 24.3 Å². The van der Waals surface area contributed by atoms with Crippen molar-refractivity contribution < 1.29 is 14.0 Å². The quantitative estimate of drug-likeness (QED) is 0.712. The highest BCUT2D eigenvalue weighted by Gasteiger charge is 2.26. The smallest absolute Gasteiger partial charge is 0.264 e. The maximum Gasteiger partial charge on any atom is 0.264 e. The van der Waals surface area contributed by atoms with E-state index in [-0.39, 0.29) is 24.2 Å². The van der Waals surface area contributed by atoms with Crippen LogP contribution in [0.1, 0.15) is 15.2 Å². The van der Waals surface area contributed by atoms with E-state index in [1.807, 2.05) is 34.9 Å². The number of piperazine rings is 1. The number of halogens is 1. The molecule has 5 nitrogen and oxygen atoms in total. The van der Waals surface area contributed by atoms with Gasteiger partial charge in [0.15, 0.2) is 0 Å². The zero-order valence-corrected chi connectivity index (χ0v) is 17.0. The third-order valence-corrected chi connectivity index (χ3v) is 6.45. The van der Waals surface area contributed by atoms with E-state index in [1.54, 1.807) is 11.3 Å². The molecule has 7 heteroatoms. The second-order valence-corrected chi connectivity index (χ2v) is 8.23. The lowest BCUT2D eigenvalue weighted by molar-refractivity contribution is -0.117. The molecule has 0 saturated carbocycles. The Morgan fingerprint density at radius 3 is 2.41 bits per heavy atom. The predicted octanol–water partition coefficient (Wildman–Crippen LogP) is 3.75. The van der Waals surface area contributed by atoms with Crippen molar-refractivity contribution in [3.05, 3.63) is 64.8 Å².